The number of hydrogen-bond donors (Lipinski definition) is 3. The van der Waals surface area contributed by atoms with Crippen molar-refractivity contribution in [2.24, 2.45) is 0 Å². The molecule has 0 radical (unpaired) electrons. The molecule has 0 fully saturated rings. The lowest BCUT2D eigenvalue weighted by Gasteiger charge is -2.25. The molecule has 0 heterocycles. The summed E-state index contributed by atoms with van der Waals surface area (Å²) in [7, 11) is 0. The van der Waals surface area contributed by atoms with Gasteiger partial charge in [-0.15, -0.1) is 0 Å². The number of benzene rings is 1. The van der Waals surface area contributed by atoms with Crippen molar-refractivity contribution in [1.29, 1.82) is 0 Å². The first-order valence-electron chi connectivity index (χ1n) is 6.72. The predicted molar refractivity (Wildman–Crippen MR) is 81.8 cm³/mol. The number of aliphatic hydroxyl groups is 1. The van der Waals surface area contributed by atoms with Gasteiger partial charge in [0.2, 0.25) is 5.91 Å². The second-order valence-electron chi connectivity index (χ2n) is 5.20. The Labute approximate surface area is 144 Å². The molecule has 0 bridgehead atoms. The molecule has 0 saturated heterocycles. The highest BCUT2D eigenvalue weighted by Crippen LogP contribution is 2.32. The third kappa shape index (κ3) is 6.00. The van der Waals surface area contributed by atoms with Gasteiger partial charge in [-0.05, 0) is 32.0 Å². The fourth-order valence-electron chi connectivity index (χ4n) is 1.49. The standard InChI is InChI=1S/C14H16BrF3N2O4/c1-8(24-10-5-3-4-9(15)6-10)12(22)20-19-11(21)7-13(2,23)14(16,17)18/h3-6,8,23H,7H2,1-2H3,(H,19,21)(H,20,22)/t8-,13+/m1/s1. The molecule has 2 amide bonds. The molecule has 0 spiro atoms. The minimum atomic E-state index is -4.97. The van der Waals surface area contributed by atoms with E-state index in [1.165, 1.54) is 6.92 Å². The summed E-state index contributed by atoms with van der Waals surface area (Å²) < 4.78 is 43.4. The second-order valence-corrected chi connectivity index (χ2v) is 6.12. The van der Waals surface area contributed by atoms with Crippen LogP contribution in [0.4, 0.5) is 13.2 Å². The number of alkyl halides is 3. The van der Waals surface area contributed by atoms with Gasteiger partial charge in [0.1, 0.15) is 5.75 Å². The number of ether oxygens (including phenoxy) is 1. The molecule has 0 aliphatic heterocycles. The molecule has 2 atom stereocenters. The zero-order chi connectivity index (χ0) is 18.5. The van der Waals surface area contributed by atoms with Crippen molar-refractivity contribution < 1.29 is 32.6 Å². The van der Waals surface area contributed by atoms with Crippen LogP contribution in [-0.4, -0.2) is 34.8 Å². The first-order valence-corrected chi connectivity index (χ1v) is 7.52. The molecule has 0 aliphatic rings. The fraction of sp³-hybridized carbons (Fsp3) is 0.429. The fourth-order valence-corrected chi connectivity index (χ4v) is 1.87. The van der Waals surface area contributed by atoms with E-state index < -0.39 is 36.1 Å². The first kappa shape index (κ1) is 20.2. The highest BCUT2D eigenvalue weighted by atomic mass is 79.9. The van der Waals surface area contributed by atoms with Crippen LogP contribution >= 0.6 is 15.9 Å². The maximum Gasteiger partial charge on any atom is 0.417 e. The van der Waals surface area contributed by atoms with E-state index in [4.69, 9.17) is 4.74 Å². The van der Waals surface area contributed by atoms with E-state index in [0.29, 0.717) is 12.7 Å². The molecule has 0 saturated carbocycles. The zero-order valence-corrected chi connectivity index (χ0v) is 14.4. The van der Waals surface area contributed by atoms with Gasteiger partial charge in [-0.3, -0.25) is 20.4 Å². The quantitative estimate of drug-likeness (QED) is 0.646. The minimum absolute atomic E-state index is 0.387. The van der Waals surface area contributed by atoms with Crippen molar-refractivity contribution in [1.82, 2.24) is 10.9 Å². The zero-order valence-electron chi connectivity index (χ0n) is 12.8. The molecule has 0 unspecified atom stereocenters. The number of hydrogen-bond acceptors (Lipinski definition) is 4. The smallest absolute Gasteiger partial charge is 0.417 e. The van der Waals surface area contributed by atoms with Gasteiger partial charge in [-0.25, -0.2) is 0 Å². The first-order chi connectivity index (χ1) is 10.9. The van der Waals surface area contributed by atoms with Crippen molar-refractivity contribution in [2.45, 2.75) is 38.1 Å². The van der Waals surface area contributed by atoms with E-state index >= 15 is 0 Å². The van der Waals surface area contributed by atoms with Crippen LogP contribution in [0.2, 0.25) is 0 Å². The number of nitrogens with one attached hydrogen (secondary N) is 2. The van der Waals surface area contributed by atoms with Gasteiger partial charge in [0.25, 0.3) is 5.91 Å². The number of amides is 2. The molecule has 24 heavy (non-hydrogen) atoms. The average Bonchev–Trinajstić information content (AvgIpc) is 2.43. The molecule has 134 valence electrons. The van der Waals surface area contributed by atoms with Crippen molar-refractivity contribution in [2.75, 3.05) is 0 Å². The lowest BCUT2D eigenvalue weighted by Crippen LogP contribution is -2.51. The van der Waals surface area contributed by atoms with Crippen LogP contribution in [-0.2, 0) is 9.59 Å². The van der Waals surface area contributed by atoms with Crippen LogP contribution in [0.1, 0.15) is 20.3 Å². The Morgan fingerprint density at radius 2 is 1.96 bits per heavy atom. The maximum atomic E-state index is 12.5. The molecular weight excluding hydrogens is 397 g/mol. The van der Waals surface area contributed by atoms with E-state index in [-0.39, 0.29) is 0 Å². The van der Waals surface area contributed by atoms with Crippen LogP contribution < -0.4 is 15.6 Å². The lowest BCUT2D eigenvalue weighted by atomic mass is 10.0. The number of carbonyl (C=O) groups excluding carboxylic acids is 2. The summed E-state index contributed by atoms with van der Waals surface area (Å²) in [4.78, 5) is 23.2. The Kier molecular flexibility index (Phi) is 6.61. The Balaban J connectivity index is 2.49. The molecule has 10 heteroatoms. The Morgan fingerprint density at radius 3 is 2.50 bits per heavy atom. The average molecular weight is 413 g/mol. The Hall–Kier alpha value is -1.81. The molecule has 3 N–H and O–H groups in total. The lowest BCUT2D eigenvalue weighted by molar-refractivity contribution is -0.253. The van der Waals surface area contributed by atoms with Gasteiger partial charge in [0, 0.05) is 4.47 Å². The van der Waals surface area contributed by atoms with E-state index in [0.717, 1.165) is 4.47 Å². The second kappa shape index (κ2) is 7.84. The monoisotopic (exact) mass is 412 g/mol. The minimum Gasteiger partial charge on any atom is -0.481 e. The largest absolute Gasteiger partial charge is 0.481 e. The summed E-state index contributed by atoms with van der Waals surface area (Å²) in [5.41, 5.74) is 0.544. The molecular formula is C14H16BrF3N2O4. The Bertz CT molecular complexity index is 608. The van der Waals surface area contributed by atoms with E-state index in [9.17, 15) is 27.9 Å². The van der Waals surface area contributed by atoms with Gasteiger partial charge in [0.05, 0.1) is 6.42 Å². The maximum absolute atomic E-state index is 12.5. The van der Waals surface area contributed by atoms with Crippen LogP contribution in [0.15, 0.2) is 28.7 Å². The summed E-state index contributed by atoms with van der Waals surface area (Å²) in [5.74, 6) is -1.58. The number of hydrazine groups is 1. The SMILES string of the molecule is C[C@@H](Oc1cccc(Br)c1)C(=O)NNC(=O)C[C@](C)(O)C(F)(F)F. The van der Waals surface area contributed by atoms with E-state index in [1.54, 1.807) is 29.7 Å². The van der Waals surface area contributed by atoms with Gasteiger partial charge in [-0.1, -0.05) is 22.0 Å². The van der Waals surface area contributed by atoms with Crippen LogP contribution in [0.5, 0.6) is 5.75 Å². The van der Waals surface area contributed by atoms with Crippen LogP contribution in [0, 0.1) is 0 Å². The van der Waals surface area contributed by atoms with Crippen LogP contribution in [0.3, 0.4) is 0 Å². The van der Waals surface area contributed by atoms with Crippen molar-refractivity contribution in [3.63, 3.8) is 0 Å². The summed E-state index contributed by atoms with van der Waals surface area (Å²) >= 11 is 3.23. The molecule has 1 aromatic rings. The molecule has 6 nitrogen and oxygen atoms in total. The third-order valence-corrected chi connectivity index (χ3v) is 3.41. The summed E-state index contributed by atoms with van der Waals surface area (Å²) in [6.07, 6.45) is -7.23. The molecule has 1 aromatic carbocycles. The summed E-state index contributed by atoms with van der Waals surface area (Å²) in [5, 5.41) is 9.19. The van der Waals surface area contributed by atoms with Crippen molar-refractivity contribution in [3.05, 3.63) is 28.7 Å². The van der Waals surface area contributed by atoms with Crippen molar-refractivity contribution in [3.8, 4) is 5.75 Å². The van der Waals surface area contributed by atoms with Gasteiger partial charge < -0.3 is 9.84 Å². The van der Waals surface area contributed by atoms with E-state index in [1.807, 2.05) is 5.43 Å². The number of carbonyl (C=O) groups is 2. The van der Waals surface area contributed by atoms with Gasteiger partial charge >= 0.3 is 6.18 Å². The summed E-state index contributed by atoms with van der Waals surface area (Å²) in [6.45, 7) is 1.86. The van der Waals surface area contributed by atoms with Gasteiger partial charge in [0.15, 0.2) is 11.7 Å². The summed E-state index contributed by atoms with van der Waals surface area (Å²) in [6, 6.07) is 6.66. The number of rotatable bonds is 5. The third-order valence-electron chi connectivity index (χ3n) is 2.92. The molecule has 1 rings (SSSR count). The molecule has 0 aromatic heterocycles. The van der Waals surface area contributed by atoms with E-state index in [2.05, 4.69) is 15.9 Å². The van der Waals surface area contributed by atoms with Gasteiger partial charge in [-0.2, -0.15) is 13.2 Å². The Morgan fingerprint density at radius 1 is 1.33 bits per heavy atom. The highest BCUT2D eigenvalue weighted by molar-refractivity contribution is 9.10. The van der Waals surface area contributed by atoms with Crippen molar-refractivity contribution >= 4 is 27.7 Å². The highest BCUT2D eigenvalue weighted by Gasteiger charge is 2.51. The van der Waals surface area contributed by atoms with Crippen LogP contribution in [0.25, 0.3) is 0 Å². The normalized spacial score (nSPS) is 15.1. The number of halogens is 4. The molecule has 0 aliphatic carbocycles. The predicted octanol–water partition coefficient (Wildman–Crippen LogP) is 2.07. The topological polar surface area (TPSA) is 87.7 Å².